The summed E-state index contributed by atoms with van der Waals surface area (Å²) < 4.78 is 10.3. The maximum Gasteiger partial charge on any atom is 0.342 e. The van der Waals surface area contributed by atoms with Gasteiger partial charge in [-0.25, -0.2) is 4.79 Å². The third kappa shape index (κ3) is 4.04. The van der Waals surface area contributed by atoms with Crippen molar-refractivity contribution in [1.29, 1.82) is 0 Å². The molecule has 0 aliphatic heterocycles. The van der Waals surface area contributed by atoms with Crippen LogP contribution in [0.3, 0.4) is 0 Å². The number of phenolic OH excluding ortho intramolecular Hbond substituents is 1. The molecule has 0 aliphatic carbocycles. The van der Waals surface area contributed by atoms with Crippen LogP contribution in [0.5, 0.6) is 11.5 Å². The lowest BCUT2D eigenvalue weighted by molar-refractivity contribution is -0.123. The van der Waals surface area contributed by atoms with Crippen LogP contribution in [0.2, 0.25) is 0 Å². The second kappa shape index (κ2) is 7.50. The second-order valence-electron chi connectivity index (χ2n) is 5.26. The van der Waals surface area contributed by atoms with Crippen LogP contribution in [0.15, 0.2) is 42.5 Å². The van der Waals surface area contributed by atoms with Crippen LogP contribution in [0, 0.1) is 6.92 Å². The molecule has 1 amide bonds. The molecule has 0 saturated heterocycles. The number of carbonyl (C=O) groups is 2. The average Bonchev–Trinajstić information content (AvgIpc) is 2.55. The molecule has 0 radical (unpaired) electrons. The molecule has 2 N–H and O–H groups in total. The summed E-state index contributed by atoms with van der Waals surface area (Å²) in [6.45, 7) is 3.34. The first-order valence-corrected chi connectivity index (χ1v) is 7.37. The number of aromatic hydroxyl groups is 1. The lowest BCUT2D eigenvalue weighted by Gasteiger charge is -2.16. The molecule has 126 valence electrons. The summed E-state index contributed by atoms with van der Waals surface area (Å²) in [5.41, 5.74) is 1.45. The van der Waals surface area contributed by atoms with Gasteiger partial charge in [0, 0.05) is 0 Å². The molecule has 2 rings (SSSR count). The van der Waals surface area contributed by atoms with Crippen molar-refractivity contribution in [3.8, 4) is 11.5 Å². The van der Waals surface area contributed by atoms with Gasteiger partial charge < -0.3 is 19.9 Å². The Bertz CT molecular complexity index is 757. The van der Waals surface area contributed by atoms with Crippen LogP contribution in [-0.2, 0) is 9.53 Å². The highest BCUT2D eigenvalue weighted by Crippen LogP contribution is 2.25. The molecular formula is C18H19NO5. The van der Waals surface area contributed by atoms with Gasteiger partial charge in [0.05, 0.1) is 12.8 Å². The van der Waals surface area contributed by atoms with Crippen molar-refractivity contribution in [3.63, 3.8) is 0 Å². The minimum Gasteiger partial charge on any atom is -0.507 e. The molecule has 0 aliphatic rings. The number of amides is 1. The van der Waals surface area contributed by atoms with E-state index in [2.05, 4.69) is 5.32 Å². The van der Waals surface area contributed by atoms with Crippen molar-refractivity contribution in [2.75, 3.05) is 12.4 Å². The number of esters is 1. The van der Waals surface area contributed by atoms with E-state index in [1.165, 1.54) is 26.2 Å². The van der Waals surface area contributed by atoms with Gasteiger partial charge in [-0.05, 0) is 43.7 Å². The van der Waals surface area contributed by atoms with Crippen LogP contribution in [0.4, 0.5) is 5.69 Å². The van der Waals surface area contributed by atoms with Gasteiger partial charge in [-0.2, -0.15) is 0 Å². The number of benzene rings is 2. The number of carbonyl (C=O) groups excluding carboxylic acids is 2. The van der Waals surface area contributed by atoms with Gasteiger partial charge in [-0.15, -0.1) is 0 Å². The third-order valence-electron chi connectivity index (χ3n) is 3.39. The van der Waals surface area contributed by atoms with Crippen molar-refractivity contribution >= 4 is 17.6 Å². The van der Waals surface area contributed by atoms with E-state index >= 15 is 0 Å². The molecule has 0 aromatic heterocycles. The molecule has 0 saturated carbocycles. The van der Waals surface area contributed by atoms with Crippen LogP contribution in [0.1, 0.15) is 22.8 Å². The Morgan fingerprint density at radius 2 is 1.88 bits per heavy atom. The molecule has 0 spiro atoms. The zero-order chi connectivity index (χ0) is 17.7. The SMILES string of the molecule is COc1ccc(C)cc1NC(=O)[C@@H](C)OC(=O)c1ccccc1O. The highest BCUT2D eigenvalue weighted by molar-refractivity contribution is 5.99. The summed E-state index contributed by atoms with van der Waals surface area (Å²) in [7, 11) is 1.50. The summed E-state index contributed by atoms with van der Waals surface area (Å²) >= 11 is 0. The molecule has 2 aromatic rings. The van der Waals surface area contributed by atoms with Crippen LogP contribution in [0.25, 0.3) is 0 Å². The Labute approximate surface area is 140 Å². The van der Waals surface area contributed by atoms with Crippen molar-refractivity contribution in [2.45, 2.75) is 20.0 Å². The number of hydrogen-bond donors (Lipinski definition) is 2. The Morgan fingerprint density at radius 1 is 1.17 bits per heavy atom. The van der Waals surface area contributed by atoms with E-state index in [0.717, 1.165) is 5.56 Å². The lowest BCUT2D eigenvalue weighted by atomic mass is 10.2. The first-order valence-electron chi connectivity index (χ1n) is 7.37. The van der Waals surface area contributed by atoms with E-state index in [4.69, 9.17) is 9.47 Å². The number of phenols is 1. The fourth-order valence-electron chi connectivity index (χ4n) is 2.08. The van der Waals surface area contributed by atoms with E-state index in [1.54, 1.807) is 24.3 Å². The fourth-order valence-corrected chi connectivity index (χ4v) is 2.08. The highest BCUT2D eigenvalue weighted by Gasteiger charge is 2.21. The molecule has 0 bridgehead atoms. The van der Waals surface area contributed by atoms with Crippen molar-refractivity contribution in [2.24, 2.45) is 0 Å². The van der Waals surface area contributed by atoms with Crippen molar-refractivity contribution < 1.29 is 24.2 Å². The van der Waals surface area contributed by atoms with Crippen molar-refractivity contribution in [3.05, 3.63) is 53.6 Å². The standard InChI is InChI=1S/C18H19NO5/c1-11-8-9-16(23-3)14(10-11)19-17(21)12(2)24-18(22)13-6-4-5-7-15(13)20/h4-10,12,20H,1-3H3,(H,19,21)/t12-/m1/s1. The zero-order valence-electron chi connectivity index (χ0n) is 13.7. The predicted molar refractivity (Wildman–Crippen MR) is 89.3 cm³/mol. The monoisotopic (exact) mass is 329 g/mol. The molecule has 0 unspecified atom stereocenters. The summed E-state index contributed by atoms with van der Waals surface area (Å²) in [5, 5.41) is 12.3. The number of para-hydroxylation sites is 1. The molecule has 6 nitrogen and oxygen atoms in total. The van der Waals surface area contributed by atoms with E-state index in [0.29, 0.717) is 11.4 Å². The summed E-state index contributed by atoms with van der Waals surface area (Å²) in [5.74, 6) is -0.960. The molecule has 2 aromatic carbocycles. The molecular weight excluding hydrogens is 310 g/mol. The predicted octanol–water partition coefficient (Wildman–Crippen LogP) is 2.89. The van der Waals surface area contributed by atoms with Gasteiger partial charge in [0.2, 0.25) is 0 Å². The Morgan fingerprint density at radius 3 is 2.54 bits per heavy atom. The van der Waals surface area contributed by atoms with Gasteiger partial charge >= 0.3 is 5.97 Å². The van der Waals surface area contributed by atoms with Crippen LogP contribution in [-0.4, -0.2) is 30.2 Å². The number of aryl methyl sites for hydroxylation is 1. The van der Waals surface area contributed by atoms with Crippen LogP contribution >= 0.6 is 0 Å². The Kier molecular flexibility index (Phi) is 5.42. The minimum atomic E-state index is -1.04. The maximum absolute atomic E-state index is 12.2. The van der Waals surface area contributed by atoms with Gasteiger partial charge in [0.15, 0.2) is 6.10 Å². The number of nitrogens with one attached hydrogen (secondary N) is 1. The zero-order valence-corrected chi connectivity index (χ0v) is 13.7. The number of hydrogen-bond acceptors (Lipinski definition) is 5. The van der Waals surface area contributed by atoms with E-state index in [1.807, 2.05) is 13.0 Å². The summed E-state index contributed by atoms with van der Waals surface area (Å²) in [6.07, 6.45) is -1.04. The number of rotatable bonds is 5. The Balaban J connectivity index is 2.06. The van der Waals surface area contributed by atoms with Gasteiger partial charge in [0.1, 0.15) is 17.1 Å². The smallest absolute Gasteiger partial charge is 0.342 e. The quantitative estimate of drug-likeness (QED) is 0.824. The first kappa shape index (κ1) is 17.3. The van der Waals surface area contributed by atoms with Crippen molar-refractivity contribution in [1.82, 2.24) is 0 Å². The number of methoxy groups -OCH3 is 1. The summed E-state index contributed by atoms with van der Waals surface area (Å²) in [6, 6.07) is 11.3. The first-order chi connectivity index (χ1) is 11.4. The molecule has 0 fully saturated rings. The van der Waals surface area contributed by atoms with Crippen LogP contribution < -0.4 is 10.1 Å². The second-order valence-corrected chi connectivity index (χ2v) is 5.26. The normalized spacial score (nSPS) is 11.5. The van der Waals surface area contributed by atoms with Gasteiger partial charge in [-0.1, -0.05) is 18.2 Å². The lowest BCUT2D eigenvalue weighted by Crippen LogP contribution is -2.30. The molecule has 6 heteroatoms. The van der Waals surface area contributed by atoms with Gasteiger partial charge in [0.25, 0.3) is 5.91 Å². The Hall–Kier alpha value is -3.02. The highest BCUT2D eigenvalue weighted by atomic mass is 16.5. The van der Waals surface area contributed by atoms with E-state index in [9.17, 15) is 14.7 Å². The topological polar surface area (TPSA) is 84.9 Å². The van der Waals surface area contributed by atoms with E-state index in [-0.39, 0.29) is 11.3 Å². The van der Waals surface area contributed by atoms with E-state index < -0.39 is 18.0 Å². The maximum atomic E-state index is 12.2. The molecule has 0 heterocycles. The number of anilines is 1. The summed E-state index contributed by atoms with van der Waals surface area (Å²) in [4.78, 5) is 24.3. The number of ether oxygens (including phenoxy) is 2. The average molecular weight is 329 g/mol. The largest absolute Gasteiger partial charge is 0.507 e. The van der Waals surface area contributed by atoms with Gasteiger partial charge in [-0.3, -0.25) is 4.79 Å². The molecule has 24 heavy (non-hydrogen) atoms. The fraction of sp³-hybridized carbons (Fsp3) is 0.222. The molecule has 1 atom stereocenters. The minimum absolute atomic E-state index is 0.00489. The third-order valence-corrected chi connectivity index (χ3v) is 3.39.